The van der Waals surface area contributed by atoms with E-state index in [1.807, 2.05) is 32.8 Å². The van der Waals surface area contributed by atoms with Gasteiger partial charge in [0.25, 0.3) is 0 Å². The van der Waals surface area contributed by atoms with Crippen LogP contribution in [0.25, 0.3) is 0 Å². The van der Waals surface area contributed by atoms with E-state index < -0.39 is 77.9 Å². The fraction of sp³-hybridized carbons (Fsp3) is 0.938. The van der Waals surface area contributed by atoms with Crippen LogP contribution in [0.3, 0.4) is 0 Å². The molecule has 0 radical (unpaired) electrons. The summed E-state index contributed by atoms with van der Waals surface area (Å²) in [4.78, 5) is 30.0. The van der Waals surface area contributed by atoms with Crippen molar-refractivity contribution in [1.82, 2.24) is 15.1 Å². The molecule has 2 unspecified atom stereocenters. The molecule has 2 amide bonds. The van der Waals surface area contributed by atoms with Gasteiger partial charge in [0.15, 0.2) is 6.29 Å². The van der Waals surface area contributed by atoms with Crippen LogP contribution in [-0.4, -0.2) is 141 Å². The van der Waals surface area contributed by atoms with E-state index in [-0.39, 0.29) is 37.5 Å². The van der Waals surface area contributed by atoms with Crippen molar-refractivity contribution in [2.75, 3.05) is 27.2 Å². The van der Waals surface area contributed by atoms with Crippen molar-refractivity contribution in [2.45, 2.75) is 148 Å². The lowest BCUT2D eigenvalue weighted by molar-refractivity contribution is -0.299. The van der Waals surface area contributed by atoms with Crippen LogP contribution in [0.1, 0.15) is 81.6 Å². The van der Waals surface area contributed by atoms with E-state index in [9.17, 15) is 35.1 Å². The maximum Gasteiger partial charge on any atom is 0.317 e. The summed E-state index contributed by atoms with van der Waals surface area (Å²) in [6.45, 7) is 15.3. The molecule has 2 rings (SSSR count). The Hall–Kier alpha value is -1.58. The normalized spacial score (nSPS) is 44.6. The molecule has 2 saturated heterocycles. The molecular weight excluding hydrogens is 586 g/mol. The second kappa shape index (κ2) is 16.0. The molecule has 45 heavy (non-hydrogen) atoms. The number of carbonyl (C=O) groups is 2. The molecule has 0 bridgehead atoms. The topological polar surface area (TPSA) is 181 Å². The van der Waals surface area contributed by atoms with E-state index in [1.165, 1.54) is 18.7 Å². The van der Waals surface area contributed by atoms with Gasteiger partial charge >= 0.3 is 12.0 Å². The summed E-state index contributed by atoms with van der Waals surface area (Å²) in [6.07, 6.45) is -6.82. The van der Waals surface area contributed by atoms with Gasteiger partial charge in [0, 0.05) is 25.0 Å². The van der Waals surface area contributed by atoms with Crippen LogP contribution in [-0.2, 0) is 19.0 Å². The first-order valence-corrected chi connectivity index (χ1v) is 16.4. The largest absolute Gasteiger partial charge is 0.459 e. The maximum atomic E-state index is 13.4. The van der Waals surface area contributed by atoms with Gasteiger partial charge in [-0.1, -0.05) is 20.8 Å². The summed E-state index contributed by atoms with van der Waals surface area (Å²) in [7, 11) is 3.70. The molecule has 0 saturated carbocycles. The number of nitrogens with one attached hydrogen (secondary N) is 1. The zero-order valence-corrected chi connectivity index (χ0v) is 29.1. The number of amides is 2. The molecule has 2 aliphatic heterocycles. The summed E-state index contributed by atoms with van der Waals surface area (Å²) >= 11 is 0. The first-order valence-electron chi connectivity index (χ1n) is 16.4. The Kier molecular flexibility index (Phi) is 14.1. The number of nitrogens with zero attached hydrogens (tertiary/aromatic N) is 2. The summed E-state index contributed by atoms with van der Waals surface area (Å²) in [5.41, 5.74) is -3.59. The predicted molar refractivity (Wildman–Crippen MR) is 168 cm³/mol. The van der Waals surface area contributed by atoms with Gasteiger partial charge in [-0.3, -0.25) is 4.79 Å². The molecule has 0 aromatic rings. The second-order valence-electron chi connectivity index (χ2n) is 14.2. The highest BCUT2D eigenvalue weighted by Crippen LogP contribution is 2.36. The Morgan fingerprint density at radius 3 is 2.20 bits per heavy atom. The number of cyclic esters (lactones) is 1. The van der Waals surface area contributed by atoms with Crippen molar-refractivity contribution in [3.8, 4) is 0 Å². The standard InChI is InChI=1S/C32H61N3O10/c1-12-23-32(9,42)26(38)21(7)35(30(40)33-13-2)16-17(3)15-31(8,41)27(19(5)24(36)20(6)28(39)44-23)45-29-25(37)22(34(10)11)14-18(4)43-29/h17-27,29,36-38,41-42H,12-16H2,1-11H3,(H,33,40)/t17-,18-,19+,20-,21-,22+,23-,24?,25-,26-,27-,29+,31?,32-/m1/s1. The molecule has 0 aliphatic carbocycles. The Labute approximate surface area is 269 Å². The number of ether oxygens (including phenoxy) is 3. The number of hydrogen-bond acceptors (Lipinski definition) is 11. The number of aliphatic hydroxyl groups is 5. The molecule has 6 N–H and O–H groups in total. The fourth-order valence-corrected chi connectivity index (χ4v) is 7.03. The highest BCUT2D eigenvalue weighted by Gasteiger charge is 2.50. The number of rotatable bonds is 5. The smallest absolute Gasteiger partial charge is 0.317 e. The molecule has 2 heterocycles. The van der Waals surface area contributed by atoms with Crippen LogP contribution in [0.5, 0.6) is 0 Å². The number of hydrogen-bond donors (Lipinski definition) is 6. The van der Waals surface area contributed by atoms with Crippen LogP contribution in [0, 0.1) is 17.8 Å². The van der Waals surface area contributed by atoms with Gasteiger partial charge in [0.2, 0.25) is 0 Å². The molecule has 0 aromatic heterocycles. The molecule has 14 atom stereocenters. The van der Waals surface area contributed by atoms with Gasteiger partial charge in [-0.2, -0.15) is 0 Å². The molecule has 13 nitrogen and oxygen atoms in total. The lowest BCUT2D eigenvalue weighted by Gasteiger charge is -2.46. The summed E-state index contributed by atoms with van der Waals surface area (Å²) in [6, 6.07) is -1.66. The van der Waals surface area contributed by atoms with E-state index >= 15 is 0 Å². The highest BCUT2D eigenvalue weighted by atomic mass is 16.7. The number of likely N-dealkylation sites (N-methyl/N-ethyl adjacent to an activating group) is 1. The number of esters is 1. The quantitative estimate of drug-likeness (QED) is 0.235. The SMILES string of the molecule is CCNC(=O)N1C[C@H](C)CC(C)(O)[C@H](O[C@@H]2O[C@H](C)C[C@H](N(C)C)[C@H]2O)[C@@H](C)C(O)[C@@H](C)C(=O)O[C@H](CC)[C@@](C)(O)[C@H](O)[C@H]1C. The maximum absolute atomic E-state index is 13.4. The van der Waals surface area contributed by atoms with Crippen molar-refractivity contribution in [3.05, 3.63) is 0 Å². The second-order valence-corrected chi connectivity index (χ2v) is 14.2. The minimum absolute atomic E-state index is 0.0791. The lowest BCUT2D eigenvalue weighted by atomic mass is 9.78. The van der Waals surface area contributed by atoms with Crippen molar-refractivity contribution in [2.24, 2.45) is 17.8 Å². The molecule has 13 heteroatoms. The van der Waals surface area contributed by atoms with Crippen molar-refractivity contribution >= 4 is 12.0 Å². The van der Waals surface area contributed by atoms with Crippen LogP contribution in [0.15, 0.2) is 0 Å². The van der Waals surface area contributed by atoms with Gasteiger partial charge in [-0.15, -0.1) is 0 Å². The molecule has 2 fully saturated rings. The third-order valence-electron chi connectivity index (χ3n) is 9.76. The number of aliphatic hydroxyl groups excluding tert-OH is 3. The van der Waals surface area contributed by atoms with Gasteiger partial charge in [-0.05, 0) is 80.8 Å². The number of carbonyl (C=O) groups excluding carboxylic acids is 2. The minimum Gasteiger partial charge on any atom is -0.459 e. The average Bonchev–Trinajstić information content (AvgIpc) is 2.95. The van der Waals surface area contributed by atoms with E-state index in [4.69, 9.17) is 14.2 Å². The fourth-order valence-electron chi connectivity index (χ4n) is 7.03. The third-order valence-corrected chi connectivity index (χ3v) is 9.76. The van der Waals surface area contributed by atoms with Gasteiger partial charge in [-0.25, -0.2) is 4.79 Å². The highest BCUT2D eigenvalue weighted by molar-refractivity contribution is 5.74. The molecular formula is C32H61N3O10. The van der Waals surface area contributed by atoms with Gasteiger partial charge in [0.1, 0.15) is 23.9 Å². The predicted octanol–water partition coefficient (Wildman–Crippen LogP) is 1.08. The summed E-state index contributed by atoms with van der Waals surface area (Å²) < 4.78 is 18.1. The van der Waals surface area contributed by atoms with E-state index in [1.54, 1.807) is 34.6 Å². The molecule has 0 aromatic carbocycles. The van der Waals surface area contributed by atoms with Crippen LogP contribution >= 0.6 is 0 Å². The summed E-state index contributed by atoms with van der Waals surface area (Å²) in [5.74, 6) is -3.15. The lowest BCUT2D eigenvalue weighted by Crippen LogP contribution is -2.61. The Morgan fingerprint density at radius 2 is 1.67 bits per heavy atom. The van der Waals surface area contributed by atoms with E-state index in [2.05, 4.69) is 5.32 Å². The van der Waals surface area contributed by atoms with Gasteiger partial charge in [0.05, 0.1) is 35.9 Å². The first kappa shape index (κ1) is 39.6. The van der Waals surface area contributed by atoms with Crippen molar-refractivity contribution in [1.29, 1.82) is 0 Å². The third kappa shape index (κ3) is 9.28. The Morgan fingerprint density at radius 1 is 1.07 bits per heavy atom. The Bertz CT molecular complexity index is 965. The van der Waals surface area contributed by atoms with Crippen molar-refractivity contribution < 1.29 is 49.3 Å². The zero-order chi connectivity index (χ0) is 34.6. The van der Waals surface area contributed by atoms with E-state index in [0.717, 1.165) is 0 Å². The molecule has 0 spiro atoms. The minimum atomic E-state index is -1.94. The van der Waals surface area contributed by atoms with E-state index in [0.29, 0.717) is 13.0 Å². The Balaban J connectivity index is 2.62. The molecule has 2 aliphatic rings. The zero-order valence-electron chi connectivity index (χ0n) is 29.1. The van der Waals surface area contributed by atoms with Crippen LogP contribution in [0.4, 0.5) is 4.79 Å². The van der Waals surface area contributed by atoms with Crippen LogP contribution < -0.4 is 5.32 Å². The average molecular weight is 648 g/mol. The number of urea groups is 1. The summed E-state index contributed by atoms with van der Waals surface area (Å²) in [5, 5.41) is 60.5. The monoisotopic (exact) mass is 647 g/mol. The van der Waals surface area contributed by atoms with Gasteiger partial charge < -0.3 is 54.9 Å². The molecule has 264 valence electrons. The van der Waals surface area contributed by atoms with Crippen LogP contribution in [0.2, 0.25) is 0 Å². The first-order chi connectivity index (χ1) is 20.7. The van der Waals surface area contributed by atoms with Crippen molar-refractivity contribution in [3.63, 3.8) is 0 Å².